The lowest BCUT2D eigenvalue weighted by molar-refractivity contribution is -0.141. The molecule has 0 aromatic heterocycles. The van der Waals surface area contributed by atoms with Gasteiger partial charge in [-0.1, -0.05) is 12.7 Å². The van der Waals surface area contributed by atoms with Crippen molar-refractivity contribution in [1.29, 1.82) is 0 Å². The third-order valence-corrected chi connectivity index (χ3v) is 1.92. The van der Waals surface area contributed by atoms with Gasteiger partial charge >= 0.3 is 5.97 Å². The first-order valence-electron chi connectivity index (χ1n) is 3.98. The van der Waals surface area contributed by atoms with Crippen LogP contribution in [0.4, 0.5) is 0 Å². The molecule has 0 fully saturated rings. The summed E-state index contributed by atoms with van der Waals surface area (Å²) >= 11 is 0. The highest BCUT2D eigenvalue weighted by atomic mass is 16.5. The van der Waals surface area contributed by atoms with Crippen LogP contribution in [0.1, 0.15) is 6.42 Å². The lowest BCUT2D eigenvalue weighted by atomic mass is 9.92. The van der Waals surface area contributed by atoms with E-state index in [4.69, 9.17) is 5.11 Å². The summed E-state index contributed by atoms with van der Waals surface area (Å²) in [5, 5.41) is 9.09. The Morgan fingerprint density at radius 1 is 1.77 bits per heavy atom. The number of carbonyl (C=O) groups is 1. The molecule has 0 amide bonds. The Bertz CT molecular complexity index is 287. The number of rotatable bonds is 2. The number of methoxy groups -OCH3 is 1. The zero-order valence-electron chi connectivity index (χ0n) is 7.49. The van der Waals surface area contributed by atoms with E-state index in [-0.39, 0.29) is 24.1 Å². The molecule has 13 heavy (non-hydrogen) atoms. The van der Waals surface area contributed by atoms with Gasteiger partial charge in [-0.15, -0.1) is 0 Å². The first-order chi connectivity index (χ1) is 6.13. The smallest absolute Gasteiger partial charge is 0.306 e. The summed E-state index contributed by atoms with van der Waals surface area (Å²) in [5.74, 6) is -0.153. The minimum atomic E-state index is -0.273. The van der Waals surface area contributed by atoms with Gasteiger partial charge in [-0.25, -0.2) is 0 Å². The average Bonchev–Trinajstić information content (AvgIpc) is 2.09. The van der Waals surface area contributed by atoms with E-state index in [1.165, 1.54) is 7.11 Å². The van der Waals surface area contributed by atoms with Crippen LogP contribution in [0.15, 0.2) is 36.1 Å². The van der Waals surface area contributed by atoms with Gasteiger partial charge in [-0.3, -0.25) is 4.79 Å². The molecule has 0 aromatic rings. The summed E-state index contributed by atoms with van der Waals surface area (Å²) in [6.07, 6.45) is 5.13. The van der Waals surface area contributed by atoms with Gasteiger partial charge in [-0.2, -0.15) is 0 Å². The molecule has 0 radical (unpaired) electrons. The Labute approximate surface area is 77.0 Å². The fourth-order valence-corrected chi connectivity index (χ4v) is 1.15. The summed E-state index contributed by atoms with van der Waals surface area (Å²) in [6.45, 7) is 3.74. The maximum atomic E-state index is 10.9. The average molecular weight is 180 g/mol. The van der Waals surface area contributed by atoms with Crippen molar-refractivity contribution in [3.05, 3.63) is 36.1 Å². The predicted molar refractivity (Wildman–Crippen MR) is 49.1 cm³/mol. The monoisotopic (exact) mass is 180 g/mol. The Morgan fingerprint density at radius 3 is 3.00 bits per heavy atom. The zero-order valence-corrected chi connectivity index (χ0v) is 7.49. The molecule has 70 valence electrons. The summed E-state index contributed by atoms with van der Waals surface area (Å²) < 4.78 is 4.53. The number of allylic oxidation sites excluding steroid dienone is 4. The number of ether oxygens (including phenoxy) is 1. The Balaban J connectivity index is 2.60. The topological polar surface area (TPSA) is 46.5 Å². The van der Waals surface area contributed by atoms with Crippen LogP contribution in [0.2, 0.25) is 0 Å². The van der Waals surface area contributed by atoms with Crippen LogP contribution in [-0.4, -0.2) is 18.2 Å². The molecule has 0 bridgehead atoms. The molecule has 1 N–H and O–H groups in total. The third kappa shape index (κ3) is 2.47. The van der Waals surface area contributed by atoms with Gasteiger partial charge < -0.3 is 9.84 Å². The van der Waals surface area contributed by atoms with Crippen molar-refractivity contribution >= 4 is 5.97 Å². The van der Waals surface area contributed by atoms with E-state index >= 15 is 0 Å². The molecule has 0 spiro atoms. The predicted octanol–water partition coefficient (Wildman–Crippen LogP) is 1.73. The Hall–Kier alpha value is -1.51. The van der Waals surface area contributed by atoms with Crippen molar-refractivity contribution in [3.63, 3.8) is 0 Å². The van der Waals surface area contributed by atoms with E-state index in [1.54, 1.807) is 18.2 Å². The minimum absolute atomic E-state index is 0.0525. The van der Waals surface area contributed by atoms with Crippen molar-refractivity contribution in [2.24, 2.45) is 5.92 Å². The van der Waals surface area contributed by atoms with Gasteiger partial charge in [0, 0.05) is 5.92 Å². The van der Waals surface area contributed by atoms with Crippen LogP contribution in [0.25, 0.3) is 0 Å². The van der Waals surface area contributed by atoms with Crippen LogP contribution >= 0.6 is 0 Å². The van der Waals surface area contributed by atoms with E-state index in [9.17, 15) is 4.79 Å². The molecule has 0 saturated carbocycles. The van der Waals surface area contributed by atoms with E-state index in [0.717, 1.165) is 5.57 Å². The lowest BCUT2D eigenvalue weighted by Gasteiger charge is -2.15. The number of hydrogen-bond acceptors (Lipinski definition) is 3. The van der Waals surface area contributed by atoms with Crippen molar-refractivity contribution in [1.82, 2.24) is 0 Å². The van der Waals surface area contributed by atoms with Crippen LogP contribution < -0.4 is 0 Å². The number of carbonyl (C=O) groups excluding carboxylic acids is 1. The first kappa shape index (κ1) is 9.58. The molecule has 3 nitrogen and oxygen atoms in total. The van der Waals surface area contributed by atoms with Crippen LogP contribution in [0.3, 0.4) is 0 Å². The van der Waals surface area contributed by atoms with E-state index in [0.29, 0.717) is 0 Å². The summed E-state index contributed by atoms with van der Waals surface area (Å²) in [6, 6.07) is 0. The minimum Gasteiger partial charge on any atom is -0.508 e. The van der Waals surface area contributed by atoms with Gasteiger partial charge in [0.2, 0.25) is 0 Å². The van der Waals surface area contributed by atoms with Crippen molar-refractivity contribution < 1.29 is 14.6 Å². The molecule has 1 aliphatic rings. The summed E-state index contributed by atoms with van der Waals surface area (Å²) in [4.78, 5) is 10.9. The maximum absolute atomic E-state index is 10.9. The highest BCUT2D eigenvalue weighted by Gasteiger charge is 2.16. The Kier molecular flexibility index (Phi) is 2.90. The van der Waals surface area contributed by atoms with E-state index < -0.39 is 0 Å². The van der Waals surface area contributed by atoms with Gasteiger partial charge in [0.1, 0.15) is 5.76 Å². The number of aliphatic hydroxyl groups excluding tert-OH is 1. The maximum Gasteiger partial charge on any atom is 0.306 e. The molecule has 1 aliphatic carbocycles. The zero-order chi connectivity index (χ0) is 9.84. The second-order valence-electron chi connectivity index (χ2n) is 2.89. The highest BCUT2D eigenvalue weighted by Crippen LogP contribution is 2.22. The molecular formula is C10H12O3. The molecule has 0 aromatic carbocycles. The fraction of sp³-hybridized carbons (Fsp3) is 0.300. The van der Waals surface area contributed by atoms with Gasteiger partial charge in [-0.05, 0) is 17.7 Å². The Morgan fingerprint density at radius 2 is 2.46 bits per heavy atom. The van der Waals surface area contributed by atoms with Crippen molar-refractivity contribution in [2.45, 2.75) is 6.42 Å². The molecule has 1 unspecified atom stereocenters. The van der Waals surface area contributed by atoms with Gasteiger partial charge in [0.15, 0.2) is 0 Å². The second kappa shape index (κ2) is 3.94. The molecule has 1 atom stereocenters. The molecule has 3 heteroatoms. The van der Waals surface area contributed by atoms with Crippen LogP contribution in [-0.2, 0) is 9.53 Å². The molecular weight excluding hydrogens is 168 g/mol. The fourth-order valence-electron chi connectivity index (χ4n) is 1.15. The first-order valence-corrected chi connectivity index (χ1v) is 3.98. The van der Waals surface area contributed by atoms with Crippen LogP contribution in [0.5, 0.6) is 0 Å². The third-order valence-electron chi connectivity index (χ3n) is 1.92. The molecule has 0 saturated heterocycles. The van der Waals surface area contributed by atoms with Crippen LogP contribution in [0, 0.1) is 5.92 Å². The van der Waals surface area contributed by atoms with Crippen molar-refractivity contribution in [3.8, 4) is 0 Å². The molecule has 0 heterocycles. The highest BCUT2D eigenvalue weighted by molar-refractivity contribution is 5.70. The summed E-state index contributed by atoms with van der Waals surface area (Å²) in [5.41, 5.74) is 0.727. The number of aliphatic hydroxyl groups is 1. The van der Waals surface area contributed by atoms with E-state index in [2.05, 4.69) is 11.3 Å². The quantitative estimate of drug-likeness (QED) is 0.658. The summed E-state index contributed by atoms with van der Waals surface area (Å²) in [7, 11) is 1.35. The second-order valence-corrected chi connectivity index (χ2v) is 2.89. The molecule has 1 rings (SSSR count). The SMILES string of the molecule is C=C1C=C(O)C=CC1CC(=O)OC. The van der Waals surface area contributed by atoms with Gasteiger partial charge in [0.05, 0.1) is 13.5 Å². The number of hydrogen-bond donors (Lipinski definition) is 1. The lowest BCUT2D eigenvalue weighted by Crippen LogP contribution is -2.11. The van der Waals surface area contributed by atoms with Crippen molar-refractivity contribution in [2.75, 3.05) is 7.11 Å². The molecule has 0 aliphatic heterocycles. The largest absolute Gasteiger partial charge is 0.508 e. The van der Waals surface area contributed by atoms with Gasteiger partial charge in [0.25, 0.3) is 0 Å². The number of esters is 1. The normalized spacial score (nSPS) is 21.2. The standard InChI is InChI=1S/C10H12O3/c1-7-5-9(11)4-3-8(7)6-10(12)13-2/h3-5,8,11H,1,6H2,2H3. The van der Waals surface area contributed by atoms with E-state index in [1.807, 2.05) is 0 Å².